The van der Waals surface area contributed by atoms with Gasteiger partial charge in [0, 0.05) is 0 Å². The van der Waals surface area contributed by atoms with Gasteiger partial charge < -0.3 is 0 Å². The van der Waals surface area contributed by atoms with Gasteiger partial charge in [-0.1, -0.05) is 23.7 Å². The van der Waals surface area contributed by atoms with E-state index in [1.165, 1.54) is 11.0 Å². The lowest BCUT2D eigenvalue weighted by Gasteiger charge is -2.03. The standard InChI is InChI=1S/C9H6ClN3O/c10-7-3-1-2-4-8(7)13-9(5-14)11-6-12-13/h1-6H. The van der Waals surface area contributed by atoms with E-state index in [0.717, 1.165) is 0 Å². The lowest BCUT2D eigenvalue weighted by atomic mass is 10.3. The fraction of sp³-hybridized carbons (Fsp3) is 0. The molecule has 0 saturated carbocycles. The van der Waals surface area contributed by atoms with Crippen LogP contribution in [0, 0.1) is 0 Å². The van der Waals surface area contributed by atoms with Crippen LogP contribution in [0.1, 0.15) is 10.6 Å². The molecule has 2 rings (SSSR count). The highest BCUT2D eigenvalue weighted by atomic mass is 35.5. The van der Waals surface area contributed by atoms with Gasteiger partial charge in [0.25, 0.3) is 0 Å². The van der Waals surface area contributed by atoms with Gasteiger partial charge in [-0.3, -0.25) is 4.79 Å². The summed E-state index contributed by atoms with van der Waals surface area (Å²) in [4.78, 5) is 14.4. The van der Waals surface area contributed by atoms with Crippen molar-refractivity contribution < 1.29 is 4.79 Å². The number of hydrogen-bond acceptors (Lipinski definition) is 3. The van der Waals surface area contributed by atoms with Gasteiger partial charge in [-0.25, -0.2) is 9.67 Å². The van der Waals surface area contributed by atoms with Crippen LogP contribution in [0.5, 0.6) is 0 Å². The van der Waals surface area contributed by atoms with Crippen molar-refractivity contribution in [1.29, 1.82) is 0 Å². The second kappa shape index (κ2) is 3.59. The van der Waals surface area contributed by atoms with Crippen LogP contribution in [-0.4, -0.2) is 21.1 Å². The number of para-hydroxylation sites is 1. The topological polar surface area (TPSA) is 47.8 Å². The number of hydrogen-bond donors (Lipinski definition) is 0. The first-order valence-corrected chi connectivity index (χ1v) is 4.31. The van der Waals surface area contributed by atoms with E-state index in [2.05, 4.69) is 10.1 Å². The Bertz CT molecular complexity index is 467. The van der Waals surface area contributed by atoms with Crippen molar-refractivity contribution in [2.75, 3.05) is 0 Å². The van der Waals surface area contributed by atoms with Crippen molar-refractivity contribution in [3.8, 4) is 5.69 Å². The number of rotatable bonds is 2. The first kappa shape index (κ1) is 8.90. The Balaban J connectivity index is 2.60. The molecule has 0 aliphatic rings. The Kier molecular flexibility index (Phi) is 2.28. The first-order chi connectivity index (χ1) is 6.83. The van der Waals surface area contributed by atoms with Gasteiger partial charge in [-0.15, -0.1) is 0 Å². The number of aldehydes is 1. The molecule has 0 bridgehead atoms. The van der Waals surface area contributed by atoms with Crippen molar-refractivity contribution >= 4 is 17.9 Å². The van der Waals surface area contributed by atoms with E-state index < -0.39 is 0 Å². The summed E-state index contributed by atoms with van der Waals surface area (Å²) in [5.74, 6) is 0.234. The maximum absolute atomic E-state index is 10.6. The predicted molar refractivity (Wildman–Crippen MR) is 51.8 cm³/mol. The second-order valence-corrected chi connectivity index (χ2v) is 3.01. The van der Waals surface area contributed by atoms with E-state index >= 15 is 0 Å². The van der Waals surface area contributed by atoms with Gasteiger partial charge in [-0.05, 0) is 12.1 Å². The van der Waals surface area contributed by atoms with Crippen molar-refractivity contribution in [1.82, 2.24) is 14.8 Å². The molecule has 0 aliphatic heterocycles. The molecule has 0 N–H and O–H groups in total. The van der Waals surface area contributed by atoms with E-state index in [1.54, 1.807) is 12.1 Å². The van der Waals surface area contributed by atoms with E-state index in [1.807, 2.05) is 12.1 Å². The van der Waals surface area contributed by atoms with Crippen LogP contribution in [0.25, 0.3) is 5.69 Å². The molecule has 0 spiro atoms. The minimum Gasteiger partial charge on any atom is -0.294 e. The van der Waals surface area contributed by atoms with Crippen LogP contribution in [-0.2, 0) is 0 Å². The maximum Gasteiger partial charge on any atom is 0.196 e. The Morgan fingerprint density at radius 3 is 2.86 bits per heavy atom. The zero-order valence-corrected chi connectivity index (χ0v) is 7.85. The second-order valence-electron chi connectivity index (χ2n) is 2.60. The highest BCUT2D eigenvalue weighted by Gasteiger charge is 2.07. The molecule has 0 amide bonds. The Morgan fingerprint density at radius 2 is 2.14 bits per heavy atom. The highest BCUT2D eigenvalue weighted by Crippen LogP contribution is 2.18. The minimum absolute atomic E-state index is 0.234. The van der Waals surface area contributed by atoms with Gasteiger partial charge in [-0.2, -0.15) is 5.10 Å². The molecule has 4 nitrogen and oxygen atoms in total. The van der Waals surface area contributed by atoms with E-state index in [-0.39, 0.29) is 5.82 Å². The molecule has 0 unspecified atom stereocenters. The normalized spacial score (nSPS) is 10.1. The monoisotopic (exact) mass is 207 g/mol. The Morgan fingerprint density at radius 1 is 1.36 bits per heavy atom. The number of aromatic nitrogens is 3. The molecule has 0 aliphatic carbocycles. The molecular formula is C9H6ClN3O. The van der Waals surface area contributed by atoms with Gasteiger partial charge in [0.2, 0.25) is 0 Å². The average Bonchev–Trinajstić information content (AvgIpc) is 2.66. The third-order valence-electron chi connectivity index (χ3n) is 1.76. The summed E-state index contributed by atoms with van der Waals surface area (Å²) in [6, 6.07) is 7.12. The number of carbonyl (C=O) groups is 1. The van der Waals surface area contributed by atoms with E-state index in [4.69, 9.17) is 11.6 Å². The molecule has 5 heteroatoms. The van der Waals surface area contributed by atoms with Crippen LogP contribution in [0.15, 0.2) is 30.6 Å². The quantitative estimate of drug-likeness (QED) is 0.705. The third kappa shape index (κ3) is 1.40. The zero-order chi connectivity index (χ0) is 9.97. The molecule has 2 aromatic rings. The fourth-order valence-electron chi connectivity index (χ4n) is 1.14. The lowest BCUT2D eigenvalue weighted by Crippen LogP contribution is -2.02. The summed E-state index contributed by atoms with van der Waals surface area (Å²) in [5.41, 5.74) is 0.647. The number of carbonyl (C=O) groups excluding carboxylic acids is 1. The zero-order valence-electron chi connectivity index (χ0n) is 7.09. The first-order valence-electron chi connectivity index (χ1n) is 3.93. The summed E-state index contributed by atoms with van der Waals surface area (Å²) in [6.45, 7) is 0. The maximum atomic E-state index is 10.6. The molecule has 0 fully saturated rings. The van der Waals surface area contributed by atoms with Crippen molar-refractivity contribution in [3.05, 3.63) is 41.4 Å². The van der Waals surface area contributed by atoms with Crippen LogP contribution >= 0.6 is 11.6 Å². The lowest BCUT2D eigenvalue weighted by molar-refractivity contribution is 0.111. The molecule has 0 saturated heterocycles. The number of halogens is 1. The average molecular weight is 208 g/mol. The van der Waals surface area contributed by atoms with Gasteiger partial charge in [0.15, 0.2) is 12.1 Å². The summed E-state index contributed by atoms with van der Waals surface area (Å²) in [7, 11) is 0. The van der Waals surface area contributed by atoms with Gasteiger partial charge in [0.1, 0.15) is 6.33 Å². The van der Waals surface area contributed by atoms with E-state index in [9.17, 15) is 4.79 Å². The predicted octanol–water partition coefficient (Wildman–Crippen LogP) is 1.73. The number of benzene rings is 1. The fourth-order valence-corrected chi connectivity index (χ4v) is 1.36. The summed E-state index contributed by atoms with van der Waals surface area (Å²) in [6.07, 6.45) is 1.95. The molecule has 14 heavy (non-hydrogen) atoms. The highest BCUT2D eigenvalue weighted by molar-refractivity contribution is 6.32. The smallest absolute Gasteiger partial charge is 0.196 e. The SMILES string of the molecule is O=Cc1ncnn1-c1ccccc1Cl. The van der Waals surface area contributed by atoms with Gasteiger partial charge >= 0.3 is 0 Å². The van der Waals surface area contributed by atoms with Gasteiger partial charge in [0.05, 0.1) is 10.7 Å². The van der Waals surface area contributed by atoms with Crippen molar-refractivity contribution in [3.63, 3.8) is 0 Å². The molecule has 1 aromatic carbocycles. The molecule has 0 atom stereocenters. The molecule has 1 aromatic heterocycles. The van der Waals surface area contributed by atoms with Crippen LogP contribution in [0.2, 0.25) is 5.02 Å². The molecule has 70 valence electrons. The molecular weight excluding hydrogens is 202 g/mol. The molecule has 1 heterocycles. The largest absolute Gasteiger partial charge is 0.294 e. The summed E-state index contributed by atoms with van der Waals surface area (Å²) in [5, 5.41) is 4.44. The Hall–Kier alpha value is -1.68. The molecule has 0 radical (unpaired) electrons. The Labute approximate surface area is 85.1 Å². The minimum atomic E-state index is 0.234. The van der Waals surface area contributed by atoms with Crippen LogP contribution in [0.3, 0.4) is 0 Å². The third-order valence-corrected chi connectivity index (χ3v) is 2.08. The van der Waals surface area contributed by atoms with Crippen molar-refractivity contribution in [2.24, 2.45) is 0 Å². The van der Waals surface area contributed by atoms with Crippen LogP contribution < -0.4 is 0 Å². The van der Waals surface area contributed by atoms with E-state index in [0.29, 0.717) is 17.0 Å². The number of nitrogens with zero attached hydrogens (tertiary/aromatic N) is 3. The van der Waals surface area contributed by atoms with Crippen molar-refractivity contribution in [2.45, 2.75) is 0 Å². The van der Waals surface area contributed by atoms with Crippen LogP contribution in [0.4, 0.5) is 0 Å². The summed E-state index contributed by atoms with van der Waals surface area (Å²) >= 11 is 5.94. The summed E-state index contributed by atoms with van der Waals surface area (Å²) < 4.78 is 1.40.